The second-order valence-electron chi connectivity index (χ2n) is 5.23. The lowest BCUT2D eigenvalue weighted by molar-refractivity contribution is 0.653. The lowest BCUT2D eigenvalue weighted by Crippen LogP contribution is -1.99. The zero-order valence-corrected chi connectivity index (χ0v) is 14.5. The van der Waals surface area contributed by atoms with Crippen molar-refractivity contribution in [2.24, 2.45) is 0 Å². The quantitative estimate of drug-likeness (QED) is 0.605. The van der Waals surface area contributed by atoms with E-state index in [9.17, 15) is 0 Å². The third-order valence-corrected chi connectivity index (χ3v) is 6.54. The van der Waals surface area contributed by atoms with Gasteiger partial charge in [0.1, 0.15) is 0 Å². The number of imidazole rings is 1. The largest absolute Gasteiger partial charge is 0.318 e. The molecule has 5 heteroatoms. The molecule has 0 spiro atoms. The molecule has 0 atom stereocenters. The van der Waals surface area contributed by atoms with Crippen LogP contribution in [0.5, 0.6) is 0 Å². The molecule has 1 aliphatic heterocycles. The molecule has 3 aromatic rings. The number of aryl methyl sites for hydroxylation is 1. The van der Waals surface area contributed by atoms with E-state index in [1.807, 2.05) is 29.3 Å². The number of allylic oxidation sites excluding steroid dienone is 2. The summed E-state index contributed by atoms with van der Waals surface area (Å²) in [6.45, 7) is 1.02. The van der Waals surface area contributed by atoms with E-state index < -0.39 is 0 Å². The SMILES string of the molecule is C1=C(CCc2cccs2)Sc2ncc(-c3ccsc3)n2CC1. The van der Waals surface area contributed by atoms with Crippen LogP contribution in [0.2, 0.25) is 0 Å². The molecule has 22 heavy (non-hydrogen) atoms. The molecule has 0 fully saturated rings. The molecule has 0 saturated carbocycles. The van der Waals surface area contributed by atoms with Crippen molar-refractivity contribution in [2.45, 2.75) is 31.0 Å². The summed E-state index contributed by atoms with van der Waals surface area (Å²) in [7, 11) is 0. The van der Waals surface area contributed by atoms with E-state index in [4.69, 9.17) is 0 Å². The monoisotopic (exact) mass is 344 g/mol. The Kier molecular flexibility index (Phi) is 4.19. The fraction of sp³-hybridized carbons (Fsp3) is 0.235. The normalized spacial score (nSPS) is 14.5. The van der Waals surface area contributed by atoms with Crippen LogP contribution in [0.15, 0.2) is 56.7 Å². The molecule has 112 valence electrons. The van der Waals surface area contributed by atoms with E-state index in [0.717, 1.165) is 31.0 Å². The Morgan fingerprint density at radius 1 is 1.18 bits per heavy atom. The van der Waals surface area contributed by atoms with Crippen LogP contribution in [0, 0.1) is 0 Å². The van der Waals surface area contributed by atoms with Crippen molar-refractivity contribution in [1.82, 2.24) is 9.55 Å². The minimum Gasteiger partial charge on any atom is -0.318 e. The summed E-state index contributed by atoms with van der Waals surface area (Å²) in [5.74, 6) is 0. The molecule has 1 aliphatic rings. The molecule has 0 bridgehead atoms. The van der Waals surface area contributed by atoms with Crippen molar-refractivity contribution < 1.29 is 0 Å². The van der Waals surface area contributed by atoms with Crippen LogP contribution < -0.4 is 0 Å². The molecule has 0 amide bonds. The number of thiophene rings is 2. The Morgan fingerprint density at radius 3 is 3.00 bits per heavy atom. The summed E-state index contributed by atoms with van der Waals surface area (Å²) in [6, 6.07) is 6.53. The smallest absolute Gasteiger partial charge is 0.173 e. The second-order valence-corrected chi connectivity index (χ2v) is 8.14. The molecule has 0 N–H and O–H groups in total. The highest BCUT2D eigenvalue weighted by molar-refractivity contribution is 8.02. The number of hydrogen-bond donors (Lipinski definition) is 0. The van der Waals surface area contributed by atoms with Gasteiger partial charge >= 0.3 is 0 Å². The fourth-order valence-corrected chi connectivity index (χ4v) is 5.07. The maximum absolute atomic E-state index is 4.66. The van der Waals surface area contributed by atoms with Crippen molar-refractivity contribution in [3.8, 4) is 11.3 Å². The third-order valence-electron chi connectivity index (χ3n) is 3.78. The molecule has 3 aromatic heterocycles. The van der Waals surface area contributed by atoms with E-state index in [0.29, 0.717) is 0 Å². The molecular formula is C17H16N2S3. The highest BCUT2D eigenvalue weighted by atomic mass is 32.2. The highest BCUT2D eigenvalue weighted by Gasteiger charge is 2.16. The first-order valence-corrected chi connectivity index (χ1v) is 10.0. The average Bonchev–Trinajstić information content (AvgIpc) is 3.25. The first-order chi connectivity index (χ1) is 10.9. The molecular weight excluding hydrogens is 328 g/mol. The van der Waals surface area contributed by atoms with E-state index in [2.05, 4.69) is 50.0 Å². The van der Waals surface area contributed by atoms with Crippen LogP contribution in [-0.4, -0.2) is 9.55 Å². The van der Waals surface area contributed by atoms with Gasteiger partial charge in [-0.2, -0.15) is 11.3 Å². The Balaban J connectivity index is 1.52. The molecule has 0 saturated heterocycles. The second kappa shape index (κ2) is 6.44. The van der Waals surface area contributed by atoms with Crippen LogP contribution in [0.4, 0.5) is 0 Å². The fourth-order valence-electron chi connectivity index (χ4n) is 2.66. The number of thioether (sulfide) groups is 1. The lowest BCUT2D eigenvalue weighted by atomic mass is 10.2. The van der Waals surface area contributed by atoms with Crippen molar-refractivity contribution in [2.75, 3.05) is 0 Å². The number of hydrogen-bond acceptors (Lipinski definition) is 4. The maximum Gasteiger partial charge on any atom is 0.173 e. The van der Waals surface area contributed by atoms with Gasteiger partial charge in [0.05, 0.1) is 11.9 Å². The third kappa shape index (κ3) is 2.93. The first kappa shape index (κ1) is 14.3. The molecule has 4 rings (SSSR count). The first-order valence-electron chi connectivity index (χ1n) is 7.37. The summed E-state index contributed by atoms with van der Waals surface area (Å²) in [6.07, 6.45) is 7.75. The van der Waals surface area contributed by atoms with Crippen molar-refractivity contribution in [3.05, 3.63) is 56.4 Å². The number of nitrogens with zero attached hydrogens (tertiary/aromatic N) is 2. The number of rotatable bonds is 4. The number of aromatic nitrogens is 2. The van der Waals surface area contributed by atoms with Gasteiger partial charge in [0.25, 0.3) is 0 Å². The van der Waals surface area contributed by atoms with Crippen LogP contribution in [-0.2, 0) is 13.0 Å². The van der Waals surface area contributed by atoms with Crippen LogP contribution >= 0.6 is 34.4 Å². The predicted octanol–water partition coefficient (Wildman–Crippen LogP) is 5.69. The summed E-state index contributed by atoms with van der Waals surface area (Å²) in [4.78, 5) is 7.58. The maximum atomic E-state index is 4.66. The molecule has 0 radical (unpaired) electrons. The Hall–Kier alpha value is -1.30. The zero-order valence-electron chi connectivity index (χ0n) is 12.1. The van der Waals surface area contributed by atoms with Gasteiger partial charge in [-0.1, -0.05) is 23.9 Å². The van der Waals surface area contributed by atoms with Crippen molar-refractivity contribution in [1.29, 1.82) is 0 Å². The summed E-state index contributed by atoms with van der Waals surface area (Å²) >= 11 is 5.43. The van der Waals surface area contributed by atoms with Gasteiger partial charge in [0.15, 0.2) is 5.16 Å². The number of fused-ring (bicyclic) bond motifs is 1. The van der Waals surface area contributed by atoms with Gasteiger partial charge in [0.2, 0.25) is 0 Å². The van der Waals surface area contributed by atoms with Gasteiger partial charge in [-0.25, -0.2) is 4.98 Å². The molecule has 2 nitrogen and oxygen atoms in total. The van der Waals surface area contributed by atoms with Gasteiger partial charge in [-0.3, -0.25) is 0 Å². The van der Waals surface area contributed by atoms with Gasteiger partial charge in [-0.15, -0.1) is 11.3 Å². The van der Waals surface area contributed by atoms with Gasteiger partial charge < -0.3 is 4.57 Å². The van der Waals surface area contributed by atoms with E-state index in [1.54, 1.807) is 11.3 Å². The van der Waals surface area contributed by atoms with Crippen LogP contribution in [0.3, 0.4) is 0 Å². The molecule has 0 aromatic carbocycles. The predicted molar refractivity (Wildman–Crippen MR) is 96.7 cm³/mol. The topological polar surface area (TPSA) is 17.8 Å². The van der Waals surface area contributed by atoms with Gasteiger partial charge in [0, 0.05) is 22.4 Å². The van der Waals surface area contributed by atoms with Gasteiger partial charge in [-0.05, 0) is 47.1 Å². The summed E-state index contributed by atoms with van der Waals surface area (Å²) < 4.78 is 2.36. The minimum absolute atomic E-state index is 1.02. The highest BCUT2D eigenvalue weighted by Crippen LogP contribution is 2.35. The van der Waals surface area contributed by atoms with Crippen molar-refractivity contribution in [3.63, 3.8) is 0 Å². The Labute approximate surface area is 142 Å². The van der Waals surface area contributed by atoms with Crippen molar-refractivity contribution >= 4 is 34.4 Å². The average molecular weight is 345 g/mol. The minimum atomic E-state index is 1.02. The Bertz CT molecular complexity index is 767. The van der Waals surface area contributed by atoms with E-state index in [-0.39, 0.29) is 0 Å². The molecule has 0 unspecified atom stereocenters. The summed E-state index contributed by atoms with van der Waals surface area (Å²) in [5, 5.41) is 7.62. The summed E-state index contributed by atoms with van der Waals surface area (Å²) in [5.41, 5.74) is 2.53. The van der Waals surface area contributed by atoms with Crippen LogP contribution in [0.1, 0.15) is 17.7 Å². The van der Waals surface area contributed by atoms with E-state index >= 15 is 0 Å². The zero-order chi connectivity index (χ0) is 14.8. The Morgan fingerprint density at radius 2 is 2.18 bits per heavy atom. The van der Waals surface area contributed by atoms with E-state index in [1.165, 1.54) is 21.0 Å². The molecule has 0 aliphatic carbocycles. The lowest BCUT2D eigenvalue weighted by Gasteiger charge is -2.07. The molecule has 4 heterocycles. The van der Waals surface area contributed by atoms with Crippen LogP contribution in [0.25, 0.3) is 11.3 Å². The standard InChI is InChI=1S/C17H16N2S3/c1-3-15(6-5-14-4-2-9-21-14)22-17-18-11-16(19(17)8-1)13-7-10-20-12-13/h2-4,7,9-12H,1,5-6,8H2.